The van der Waals surface area contributed by atoms with Crippen molar-refractivity contribution in [2.75, 3.05) is 6.54 Å². The molecule has 1 aliphatic rings. The zero-order chi connectivity index (χ0) is 13.5. The van der Waals surface area contributed by atoms with E-state index in [0.29, 0.717) is 6.54 Å². The van der Waals surface area contributed by atoms with Crippen molar-refractivity contribution in [3.8, 4) is 0 Å². The summed E-state index contributed by atoms with van der Waals surface area (Å²) < 4.78 is 1.91. The van der Waals surface area contributed by atoms with E-state index < -0.39 is 0 Å². The molecule has 0 aliphatic carbocycles. The lowest BCUT2D eigenvalue weighted by Crippen LogP contribution is -2.37. The number of aromatic nitrogens is 3. The van der Waals surface area contributed by atoms with Gasteiger partial charge in [0.05, 0.1) is 11.6 Å². The van der Waals surface area contributed by atoms with Crippen molar-refractivity contribution in [2.24, 2.45) is 5.73 Å². The van der Waals surface area contributed by atoms with Crippen LogP contribution in [0.15, 0.2) is 0 Å². The molecule has 0 unspecified atom stereocenters. The van der Waals surface area contributed by atoms with Gasteiger partial charge in [0.2, 0.25) is 0 Å². The van der Waals surface area contributed by atoms with Crippen molar-refractivity contribution in [3.63, 3.8) is 0 Å². The standard InChI is InChI=1S/C12H21N5O/c1-8-14-10(17(15-8)12(2,3)4)9-6-5-7-16(9)11(13)18/h9H,5-7H2,1-4H3,(H2,13,18)/t9-/m0/s1. The lowest BCUT2D eigenvalue weighted by atomic mass is 10.1. The zero-order valence-corrected chi connectivity index (χ0v) is 11.5. The Balaban J connectivity index is 2.41. The molecular weight excluding hydrogens is 230 g/mol. The van der Waals surface area contributed by atoms with Gasteiger partial charge in [0.25, 0.3) is 0 Å². The van der Waals surface area contributed by atoms with Crippen molar-refractivity contribution in [3.05, 3.63) is 11.6 Å². The SMILES string of the molecule is Cc1nc([C@@H]2CCCN2C(N)=O)n(C(C)(C)C)n1. The monoisotopic (exact) mass is 251 g/mol. The van der Waals surface area contributed by atoms with E-state index in [0.717, 1.165) is 24.5 Å². The van der Waals surface area contributed by atoms with Crippen LogP contribution in [0.25, 0.3) is 0 Å². The Morgan fingerprint density at radius 3 is 2.67 bits per heavy atom. The summed E-state index contributed by atoms with van der Waals surface area (Å²) in [5.74, 6) is 1.58. The van der Waals surface area contributed by atoms with Gasteiger partial charge in [-0.05, 0) is 40.5 Å². The van der Waals surface area contributed by atoms with E-state index in [9.17, 15) is 4.79 Å². The van der Waals surface area contributed by atoms with E-state index in [2.05, 4.69) is 30.9 Å². The van der Waals surface area contributed by atoms with E-state index in [1.54, 1.807) is 4.90 Å². The summed E-state index contributed by atoms with van der Waals surface area (Å²) in [6, 6.07) is -0.415. The smallest absolute Gasteiger partial charge is 0.315 e. The summed E-state index contributed by atoms with van der Waals surface area (Å²) in [6.45, 7) is 8.81. The van der Waals surface area contributed by atoms with E-state index in [4.69, 9.17) is 5.73 Å². The van der Waals surface area contributed by atoms with Gasteiger partial charge in [-0.2, -0.15) is 5.10 Å². The predicted octanol–water partition coefficient (Wildman–Crippen LogP) is 1.56. The van der Waals surface area contributed by atoms with Crippen LogP contribution in [0, 0.1) is 6.92 Å². The third kappa shape index (κ3) is 2.19. The summed E-state index contributed by atoms with van der Waals surface area (Å²) in [5, 5.41) is 4.45. The second-order valence-corrected chi connectivity index (χ2v) is 5.79. The molecule has 0 spiro atoms. The summed E-state index contributed by atoms with van der Waals surface area (Å²) in [7, 11) is 0. The molecule has 6 heteroatoms. The van der Waals surface area contributed by atoms with Crippen molar-refractivity contribution >= 4 is 6.03 Å². The van der Waals surface area contributed by atoms with Gasteiger partial charge < -0.3 is 10.6 Å². The Morgan fingerprint density at radius 1 is 1.44 bits per heavy atom. The second kappa shape index (κ2) is 4.26. The highest BCUT2D eigenvalue weighted by atomic mass is 16.2. The maximum absolute atomic E-state index is 11.4. The van der Waals surface area contributed by atoms with Crippen LogP contribution >= 0.6 is 0 Å². The molecule has 1 aliphatic heterocycles. The highest BCUT2D eigenvalue weighted by Crippen LogP contribution is 2.32. The molecule has 6 nitrogen and oxygen atoms in total. The summed E-state index contributed by atoms with van der Waals surface area (Å²) in [4.78, 5) is 17.6. The molecule has 100 valence electrons. The molecule has 0 radical (unpaired) electrons. The first kappa shape index (κ1) is 12.9. The Labute approximate surface area is 107 Å². The molecule has 1 saturated heterocycles. The number of carbonyl (C=O) groups is 1. The molecule has 0 aromatic carbocycles. The van der Waals surface area contributed by atoms with Crippen LogP contribution in [0.1, 0.15) is 51.3 Å². The number of nitrogens with zero attached hydrogens (tertiary/aromatic N) is 4. The van der Waals surface area contributed by atoms with Gasteiger partial charge in [0.1, 0.15) is 5.82 Å². The number of rotatable bonds is 1. The quantitative estimate of drug-likeness (QED) is 0.822. The van der Waals surface area contributed by atoms with E-state index in [-0.39, 0.29) is 17.6 Å². The molecule has 2 amide bonds. The van der Waals surface area contributed by atoms with Gasteiger partial charge in [-0.3, -0.25) is 0 Å². The summed E-state index contributed by atoms with van der Waals surface area (Å²) >= 11 is 0. The highest BCUT2D eigenvalue weighted by molar-refractivity contribution is 5.72. The molecular formula is C12H21N5O. The Hall–Kier alpha value is -1.59. The van der Waals surface area contributed by atoms with Crippen LogP contribution < -0.4 is 5.73 Å². The zero-order valence-electron chi connectivity index (χ0n) is 11.5. The second-order valence-electron chi connectivity index (χ2n) is 5.79. The number of primary amides is 1. The number of urea groups is 1. The van der Waals surface area contributed by atoms with Crippen LogP contribution in [-0.4, -0.2) is 32.2 Å². The molecule has 0 saturated carbocycles. The topological polar surface area (TPSA) is 77.0 Å². The molecule has 2 N–H and O–H groups in total. The molecule has 1 aromatic heterocycles. The van der Waals surface area contributed by atoms with Crippen LogP contribution in [0.4, 0.5) is 4.79 Å². The Bertz CT molecular complexity index is 460. The number of amides is 2. The predicted molar refractivity (Wildman–Crippen MR) is 68.0 cm³/mol. The molecule has 18 heavy (non-hydrogen) atoms. The summed E-state index contributed by atoms with van der Waals surface area (Å²) in [6.07, 6.45) is 1.86. The lowest BCUT2D eigenvalue weighted by Gasteiger charge is -2.27. The molecule has 0 bridgehead atoms. The van der Waals surface area contributed by atoms with Crippen LogP contribution in [0.3, 0.4) is 0 Å². The number of likely N-dealkylation sites (tertiary alicyclic amines) is 1. The first-order chi connectivity index (χ1) is 8.30. The average Bonchev–Trinajstić information content (AvgIpc) is 2.80. The minimum absolute atomic E-state index is 0.0390. The summed E-state index contributed by atoms with van der Waals surface area (Å²) in [5.41, 5.74) is 5.27. The molecule has 2 rings (SSSR count). The van der Waals surface area contributed by atoms with Crippen molar-refractivity contribution in [1.82, 2.24) is 19.7 Å². The average molecular weight is 251 g/mol. The maximum Gasteiger partial charge on any atom is 0.315 e. The minimum atomic E-state index is -0.376. The fraction of sp³-hybridized carbons (Fsp3) is 0.750. The van der Waals surface area contributed by atoms with Gasteiger partial charge in [0, 0.05) is 6.54 Å². The van der Waals surface area contributed by atoms with E-state index in [1.807, 2.05) is 11.6 Å². The molecule has 1 atom stereocenters. The number of aryl methyl sites for hydroxylation is 1. The Kier molecular flexibility index (Phi) is 3.04. The van der Waals surface area contributed by atoms with Gasteiger partial charge in [-0.15, -0.1) is 0 Å². The first-order valence-corrected chi connectivity index (χ1v) is 6.31. The molecule has 1 aromatic rings. The van der Waals surface area contributed by atoms with Crippen LogP contribution in [0.5, 0.6) is 0 Å². The lowest BCUT2D eigenvalue weighted by molar-refractivity contribution is 0.195. The fourth-order valence-corrected chi connectivity index (χ4v) is 2.44. The minimum Gasteiger partial charge on any atom is -0.351 e. The van der Waals surface area contributed by atoms with Gasteiger partial charge in [0.15, 0.2) is 5.82 Å². The maximum atomic E-state index is 11.4. The molecule has 1 fully saturated rings. The first-order valence-electron chi connectivity index (χ1n) is 6.31. The normalized spacial score (nSPS) is 20.4. The number of hydrogen-bond acceptors (Lipinski definition) is 3. The fourth-order valence-electron chi connectivity index (χ4n) is 2.44. The van der Waals surface area contributed by atoms with Gasteiger partial charge in [-0.25, -0.2) is 14.5 Å². The van der Waals surface area contributed by atoms with Crippen molar-refractivity contribution in [2.45, 2.75) is 52.1 Å². The van der Waals surface area contributed by atoms with Gasteiger partial charge in [-0.1, -0.05) is 0 Å². The largest absolute Gasteiger partial charge is 0.351 e. The van der Waals surface area contributed by atoms with Crippen LogP contribution in [0.2, 0.25) is 0 Å². The number of nitrogens with two attached hydrogens (primary N) is 1. The third-order valence-corrected chi connectivity index (χ3v) is 3.21. The third-order valence-electron chi connectivity index (χ3n) is 3.21. The van der Waals surface area contributed by atoms with Gasteiger partial charge >= 0.3 is 6.03 Å². The number of hydrogen-bond donors (Lipinski definition) is 1. The Morgan fingerprint density at radius 2 is 2.11 bits per heavy atom. The van der Waals surface area contributed by atoms with E-state index >= 15 is 0 Å². The number of carbonyl (C=O) groups excluding carboxylic acids is 1. The molecule has 2 heterocycles. The van der Waals surface area contributed by atoms with Crippen molar-refractivity contribution in [1.29, 1.82) is 0 Å². The van der Waals surface area contributed by atoms with Crippen LogP contribution in [-0.2, 0) is 5.54 Å². The van der Waals surface area contributed by atoms with E-state index in [1.165, 1.54) is 0 Å². The van der Waals surface area contributed by atoms with Crippen molar-refractivity contribution < 1.29 is 4.79 Å². The highest BCUT2D eigenvalue weighted by Gasteiger charge is 2.34.